The van der Waals surface area contributed by atoms with Crippen molar-refractivity contribution in [2.24, 2.45) is 0 Å². The average molecular weight is 481 g/mol. The van der Waals surface area contributed by atoms with Gasteiger partial charge in [-0.1, -0.05) is 18.2 Å². The topological polar surface area (TPSA) is 69.3 Å². The molecule has 6 nitrogen and oxygen atoms in total. The van der Waals surface area contributed by atoms with Crippen LogP contribution in [0.15, 0.2) is 52.9 Å². The first-order chi connectivity index (χ1) is 12.5. The van der Waals surface area contributed by atoms with Gasteiger partial charge in [0.2, 0.25) is 5.91 Å². The van der Waals surface area contributed by atoms with E-state index in [0.29, 0.717) is 11.6 Å². The van der Waals surface area contributed by atoms with E-state index in [9.17, 15) is 4.79 Å². The molecule has 0 atom stereocenters. The van der Waals surface area contributed by atoms with Crippen molar-refractivity contribution in [2.45, 2.75) is 20.1 Å². The highest BCUT2D eigenvalue weighted by atomic mass is 127. The number of hydrogen-bond donors (Lipinski definition) is 1. The molecule has 1 aromatic heterocycles. The summed E-state index contributed by atoms with van der Waals surface area (Å²) in [7, 11) is 0. The minimum absolute atomic E-state index is 0.0291. The summed E-state index contributed by atoms with van der Waals surface area (Å²) < 4.78 is 13.5. The SMILES string of the molecule is Cc1ccccc1OCc1nn(CC(=O)Nc2ccc(I)cc2)c(=S)o1. The van der Waals surface area contributed by atoms with Crippen LogP contribution < -0.4 is 10.1 Å². The predicted octanol–water partition coefficient (Wildman–Crippen LogP) is 4.34. The van der Waals surface area contributed by atoms with Gasteiger partial charge in [-0.2, -0.15) is 0 Å². The highest BCUT2D eigenvalue weighted by Gasteiger charge is 2.11. The standard InChI is InChI=1S/C18H16IN3O3S/c1-12-4-2-3-5-15(12)24-11-17-21-22(18(26)25-17)10-16(23)20-14-8-6-13(19)7-9-14/h2-9H,10-11H2,1H3,(H,20,23). The van der Waals surface area contributed by atoms with E-state index in [1.165, 1.54) is 4.68 Å². The Bertz CT molecular complexity index is 966. The summed E-state index contributed by atoms with van der Waals surface area (Å²) in [6.45, 7) is 2.07. The molecule has 2 aromatic carbocycles. The number of benzene rings is 2. The van der Waals surface area contributed by atoms with Crippen molar-refractivity contribution < 1.29 is 13.9 Å². The van der Waals surface area contributed by atoms with Crippen molar-refractivity contribution in [2.75, 3.05) is 5.32 Å². The number of anilines is 1. The van der Waals surface area contributed by atoms with E-state index < -0.39 is 0 Å². The molecular weight excluding hydrogens is 465 g/mol. The zero-order chi connectivity index (χ0) is 18.5. The quantitative estimate of drug-likeness (QED) is 0.419. The summed E-state index contributed by atoms with van der Waals surface area (Å²) in [4.78, 5) is 12.3. The fourth-order valence-corrected chi connectivity index (χ4v) is 2.80. The number of ether oxygens (including phenoxy) is 1. The van der Waals surface area contributed by atoms with Gasteiger partial charge in [-0.25, -0.2) is 4.68 Å². The number of rotatable bonds is 6. The fourth-order valence-electron chi connectivity index (χ4n) is 2.24. The van der Waals surface area contributed by atoms with E-state index in [4.69, 9.17) is 21.4 Å². The molecule has 1 heterocycles. The van der Waals surface area contributed by atoms with E-state index in [2.05, 4.69) is 33.0 Å². The summed E-state index contributed by atoms with van der Waals surface area (Å²) in [6, 6.07) is 15.2. The number of amides is 1. The molecule has 0 radical (unpaired) electrons. The van der Waals surface area contributed by atoms with Gasteiger partial charge in [-0.3, -0.25) is 4.79 Å². The molecule has 0 aliphatic carbocycles. The van der Waals surface area contributed by atoms with Crippen molar-refractivity contribution in [1.29, 1.82) is 0 Å². The number of aryl methyl sites for hydroxylation is 1. The average Bonchev–Trinajstić information content (AvgIpc) is 2.96. The predicted molar refractivity (Wildman–Crippen MR) is 109 cm³/mol. The van der Waals surface area contributed by atoms with Gasteiger partial charge >= 0.3 is 0 Å². The Kier molecular flexibility index (Phi) is 6.04. The van der Waals surface area contributed by atoms with E-state index in [1.54, 1.807) is 0 Å². The van der Waals surface area contributed by atoms with Gasteiger partial charge in [-0.05, 0) is 77.6 Å². The lowest BCUT2D eigenvalue weighted by atomic mass is 10.2. The molecule has 134 valence electrons. The van der Waals surface area contributed by atoms with Gasteiger partial charge in [0, 0.05) is 9.26 Å². The van der Waals surface area contributed by atoms with Crippen molar-refractivity contribution in [3.8, 4) is 5.75 Å². The summed E-state index contributed by atoms with van der Waals surface area (Å²) in [5, 5.41) is 7.01. The first-order valence-corrected chi connectivity index (χ1v) is 9.30. The van der Waals surface area contributed by atoms with E-state index in [0.717, 1.165) is 14.9 Å². The molecule has 0 saturated carbocycles. The van der Waals surface area contributed by atoms with Gasteiger partial charge in [-0.15, -0.1) is 5.10 Å². The second kappa shape index (κ2) is 8.45. The zero-order valence-electron chi connectivity index (χ0n) is 13.9. The lowest BCUT2D eigenvalue weighted by Crippen LogP contribution is -2.19. The molecule has 0 bridgehead atoms. The Hall–Kier alpha value is -2.20. The van der Waals surface area contributed by atoms with Gasteiger partial charge in [0.1, 0.15) is 12.3 Å². The largest absolute Gasteiger partial charge is 0.484 e. The molecule has 0 aliphatic heterocycles. The van der Waals surface area contributed by atoms with Crippen LogP contribution in [0.4, 0.5) is 5.69 Å². The number of nitrogens with zero attached hydrogens (tertiary/aromatic N) is 2. The maximum atomic E-state index is 12.2. The molecule has 8 heteroatoms. The first kappa shape index (κ1) is 18.6. The highest BCUT2D eigenvalue weighted by Crippen LogP contribution is 2.17. The van der Waals surface area contributed by atoms with Crippen molar-refractivity contribution in [3.63, 3.8) is 0 Å². The molecule has 0 aliphatic rings. The zero-order valence-corrected chi connectivity index (χ0v) is 16.9. The summed E-state index contributed by atoms with van der Waals surface area (Å²) in [6.07, 6.45) is 0. The molecule has 0 saturated heterocycles. The van der Waals surface area contributed by atoms with E-state index >= 15 is 0 Å². The number of carbonyl (C=O) groups is 1. The minimum Gasteiger partial charge on any atom is -0.484 e. The molecule has 0 spiro atoms. The Labute approximate surface area is 169 Å². The van der Waals surface area contributed by atoms with Gasteiger partial charge in [0.25, 0.3) is 10.7 Å². The number of carbonyl (C=O) groups excluding carboxylic acids is 1. The molecule has 1 N–H and O–H groups in total. The van der Waals surface area contributed by atoms with Crippen LogP contribution in [0.25, 0.3) is 0 Å². The van der Waals surface area contributed by atoms with Crippen LogP contribution >= 0.6 is 34.8 Å². The third-order valence-corrected chi connectivity index (χ3v) is 4.53. The Morgan fingerprint density at radius 3 is 2.73 bits per heavy atom. The minimum atomic E-state index is -0.234. The molecule has 26 heavy (non-hydrogen) atoms. The summed E-state index contributed by atoms with van der Waals surface area (Å²) >= 11 is 7.33. The Morgan fingerprint density at radius 1 is 1.27 bits per heavy atom. The van der Waals surface area contributed by atoms with Crippen LogP contribution in [0, 0.1) is 15.3 Å². The number of nitrogens with one attached hydrogen (secondary N) is 1. The molecule has 0 unspecified atom stereocenters. The van der Waals surface area contributed by atoms with E-state index in [1.807, 2.05) is 55.5 Å². The smallest absolute Gasteiger partial charge is 0.287 e. The molecule has 3 aromatic rings. The van der Waals surface area contributed by atoms with Gasteiger partial charge in [0.15, 0.2) is 6.61 Å². The molecular formula is C18H16IN3O3S. The molecule has 0 fully saturated rings. The summed E-state index contributed by atoms with van der Waals surface area (Å²) in [5.74, 6) is 0.835. The van der Waals surface area contributed by atoms with E-state index in [-0.39, 0.29) is 23.9 Å². The van der Waals surface area contributed by atoms with Gasteiger partial charge < -0.3 is 14.5 Å². The number of halogens is 1. The van der Waals surface area contributed by atoms with Gasteiger partial charge in [0.05, 0.1) is 0 Å². The number of aromatic nitrogens is 2. The lowest BCUT2D eigenvalue weighted by Gasteiger charge is -2.06. The Morgan fingerprint density at radius 2 is 2.00 bits per heavy atom. The molecule has 1 amide bonds. The second-order valence-corrected chi connectivity index (χ2v) is 7.12. The van der Waals surface area contributed by atoms with Crippen LogP contribution in [0.2, 0.25) is 0 Å². The maximum absolute atomic E-state index is 12.2. The van der Waals surface area contributed by atoms with Crippen LogP contribution in [0.3, 0.4) is 0 Å². The van der Waals surface area contributed by atoms with Crippen LogP contribution in [0.5, 0.6) is 5.75 Å². The van der Waals surface area contributed by atoms with Crippen molar-refractivity contribution in [1.82, 2.24) is 9.78 Å². The monoisotopic (exact) mass is 481 g/mol. The second-order valence-electron chi connectivity index (χ2n) is 5.53. The first-order valence-electron chi connectivity index (χ1n) is 7.82. The Balaban J connectivity index is 1.61. The highest BCUT2D eigenvalue weighted by molar-refractivity contribution is 14.1. The number of hydrogen-bond acceptors (Lipinski definition) is 5. The summed E-state index contributed by atoms with van der Waals surface area (Å²) in [5.41, 5.74) is 1.73. The fraction of sp³-hybridized carbons (Fsp3) is 0.167. The maximum Gasteiger partial charge on any atom is 0.287 e. The van der Waals surface area contributed by atoms with Crippen LogP contribution in [-0.2, 0) is 17.9 Å². The normalized spacial score (nSPS) is 10.5. The lowest BCUT2D eigenvalue weighted by molar-refractivity contribution is -0.117. The van der Waals surface area contributed by atoms with Crippen LogP contribution in [0.1, 0.15) is 11.5 Å². The van der Waals surface area contributed by atoms with Crippen molar-refractivity contribution >= 4 is 46.4 Å². The number of para-hydroxylation sites is 1. The third-order valence-electron chi connectivity index (χ3n) is 3.51. The molecule has 3 rings (SSSR count). The van der Waals surface area contributed by atoms with Crippen LogP contribution in [-0.4, -0.2) is 15.7 Å². The van der Waals surface area contributed by atoms with Crippen molar-refractivity contribution in [3.05, 3.63) is 68.4 Å². The third kappa shape index (κ3) is 4.92.